The van der Waals surface area contributed by atoms with Gasteiger partial charge in [0.25, 0.3) is 0 Å². The second-order valence-electron chi connectivity index (χ2n) is 5.87. The van der Waals surface area contributed by atoms with Gasteiger partial charge in [-0.1, -0.05) is 11.3 Å². The van der Waals surface area contributed by atoms with E-state index >= 15 is 0 Å². The van der Waals surface area contributed by atoms with Crippen LogP contribution in [-0.4, -0.2) is 62.4 Å². The molecule has 0 amide bonds. The number of ether oxygens (including phenoxy) is 2. The second kappa shape index (κ2) is 6.02. The molecule has 2 aromatic rings. The summed E-state index contributed by atoms with van der Waals surface area (Å²) >= 11 is 1.76. The molecule has 118 valence electrons. The van der Waals surface area contributed by atoms with Crippen LogP contribution in [0.1, 0.15) is 6.42 Å². The first-order valence-corrected chi connectivity index (χ1v) is 8.66. The van der Waals surface area contributed by atoms with Crippen molar-refractivity contribution < 1.29 is 9.47 Å². The highest BCUT2D eigenvalue weighted by Gasteiger charge is 2.30. The summed E-state index contributed by atoms with van der Waals surface area (Å²) in [6.45, 7) is 6.05. The van der Waals surface area contributed by atoms with Gasteiger partial charge in [0, 0.05) is 32.2 Å². The van der Waals surface area contributed by atoms with Crippen molar-refractivity contribution in [2.75, 3.05) is 51.4 Å². The van der Waals surface area contributed by atoms with Gasteiger partial charge in [0.15, 0.2) is 5.13 Å². The van der Waals surface area contributed by atoms with Crippen molar-refractivity contribution in [3.63, 3.8) is 0 Å². The monoisotopic (exact) mass is 319 g/mol. The van der Waals surface area contributed by atoms with Gasteiger partial charge in [0.05, 0.1) is 30.5 Å². The van der Waals surface area contributed by atoms with Crippen LogP contribution in [-0.2, 0) is 4.74 Å². The largest absolute Gasteiger partial charge is 0.497 e. The zero-order chi connectivity index (χ0) is 14.9. The van der Waals surface area contributed by atoms with Crippen molar-refractivity contribution in [2.24, 2.45) is 0 Å². The number of hydrogen-bond acceptors (Lipinski definition) is 6. The second-order valence-corrected chi connectivity index (χ2v) is 6.88. The third-order valence-corrected chi connectivity index (χ3v) is 5.66. The molecule has 1 atom stereocenters. The summed E-state index contributed by atoms with van der Waals surface area (Å²) in [4.78, 5) is 9.79. The van der Waals surface area contributed by atoms with E-state index in [-0.39, 0.29) is 0 Å². The maximum atomic E-state index is 5.46. The van der Waals surface area contributed by atoms with E-state index in [0.717, 1.165) is 55.8 Å². The zero-order valence-electron chi connectivity index (χ0n) is 12.8. The Balaban J connectivity index is 1.50. The number of fused-ring (bicyclic) bond motifs is 1. The predicted octanol–water partition coefficient (Wildman–Crippen LogP) is 2.22. The van der Waals surface area contributed by atoms with Crippen molar-refractivity contribution in [1.29, 1.82) is 0 Å². The molecule has 4 rings (SSSR count). The third-order valence-electron chi connectivity index (χ3n) is 4.58. The lowest BCUT2D eigenvalue weighted by atomic mass is 10.2. The highest BCUT2D eigenvalue weighted by atomic mass is 32.1. The third kappa shape index (κ3) is 2.66. The molecule has 3 heterocycles. The molecule has 2 aliphatic rings. The van der Waals surface area contributed by atoms with Crippen LogP contribution < -0.4 is 9.64 Å². The van der Waals surface area contributed by atoms with Crippen LogP contribution in [0.4, 0.5) is 5.13 Å². The van der Waals surface area contributed by atoms with Crippen LogP contribution in [0.15, 0.2) is 18.2 Å². The standard InChI is InChI=1S/C16H21N3O2S/c1-20-13-2-3-14-15(10-13)22-16(17-14)19-5-4-12(11-19)18-6-8-21-9-7-18/h2-3,10,12H,4-9,11H2,1H3. The summed E-state index contributed by atoms with van der Waals surface area (Å²) in [6.07, 6.45) is 1.22. The van der Waals surface area contributed by atoms with Crippen LogP contribution in [0, 0.1) is 0 Å². The lowest BCUT2D eigenvalue weighted by Crippen LogP contribution is -2.44. The Labute approximate surface area is 134 Å². The fourth-order valence-corrected chi connectivity index (χ4v) is 4.34. The molecule has 1 aromatic carbocycles. The maximum absolute atomic E-state index is 5.46. The number of aromatic nitrogens is 1. The van der Waals surface area contributed by atoms with Gasteiger partial charge in [-0.15, -0.1) is 0 Å². The van der Waals surface area contributed by atoms with Gasteiger partial charge < -0.3 is 14.4 Å². The van der Waals surface area contributed by atoms with Crippen molar-refractivity contribution in [2.45, 2.75) is 12.5 Å². The smallest absolute Gasteiger partial charge is 0.186 e. The fourth-order valence-electron chi connectivity index (χ4n) is 3.31. The molecule has 0 N–H and O–H groups in total. The van der Waals surface area contributed by atoms with Gasteiger partial charge >= 0.3 is 0 Å². The number of hydrogen-bond donors (Lipinski definition) is 0. The van der Waals surface area contributed by atoms with E-state index in [1.807, 2.05) is 12.1 Å². The van der Waals surface area contributed by atoms with Crippen LogP contribution in [0.3, 0.4) is 0 Å². The van der Waals surface area contributed by atoms with E-state index in [2.05, 4.69) is 15.9 Å². The lowest BCUT2D eigenvalue weighted by Gasteiger charge is -2.32. The minimum absolute atomic E-state index is 0.644. The number of nitrogens with zero attached hydrogens (tertiary/aromatic N) is 3. The molecule has 5 nitrogen and oxygen atoms in total. The molecule has 0 aliphatic carbocycles. The van der Waals surface area contributed by atoms with Gasteiger partial charge in [-0.2, -0.15) is 0 Å². The van der Waals surface area contributed by atoms with E-state index in [9.17, 15) is 0 Å². The number of rotatable bonds is 3. The summed E-state index contributed by atoms with van der Waals surface area (Å²) in [6, 6.07) is 6.74. The van der Waals surface area contributed by atoms with E-state index < -0.39 is 0 Å². The van der Waals surface area contributed by atoms with Crippen LogP contribution in [0.5, 0.6) is 5.75 Å². The molecular formula is C16H21N3O2S. The van der Waals surface area contributed by atoms with Crippen molar-refractivity contribution >= 4 is 26.7 Å². The Kier molecular flexibility index (Phi) is 3.90. The zero-order valence-corrected chi connectivity index (χ0v) is 13.6. The van der Waals surface area contributed by atoms with Crippen LogP contribution in [0.25, 0.3) is 10.2 Å². The summed E-state index contributed by atoms with van der Waals surface area (Å²) in [5.41, 5.74) is 1.07. The molecule has 0 radical (unpaired) electrons. The summed E-state index contributed by atoms with van der Waals surface area (Å²) in [5, 5.41) is 1.14. The quantitative estimate of drug-likeness (QED) is 0.867. The Morgan fingerprint density at radius 1 is 1.27 bits per heavy atom. The predicted molar refractivity (Wildman–Crippen MR) is 89.2 cm³/mol. The molecule has 2 aliphatic heterocycles. The van der Waals surface area contributed by atoms with E-state index in [4.69, 9.17) is 14.5 Å². The molecular weight excluding hydrogens is 298 g/mol. The van der Waals surface area contributed by atoms with Crippen molar-refractivity contribution in [3.05, 3.63) is 18.2 Å². The fraction of sp³-hybridized carbons (Fsp3) is 0.562. The van der Waals surface area contributed by atoms with Gasteiger partial charge in [-0.25, -0.2) is 4.98 Å². The molecule has 1 aromatic heterocycles. The minimum atomic E-state index is 0.644. The number of benzene rings is 1. The average molecular weight is 319 g/mol. The summed E-state index contributed by atoms with van der Waals surface area (Å²) < 4.78 is 12.0. The minimum Gasteiger partial charge on any atom is -0.497 e. The lowest BCUT2D eigenvalue weighted by molar-refractivity contribution is 0.0209. The van der Waals surface area contributed by atoms with E-state index in [1.165, 1.54) is 11.1 Å². The molecule has 1 unspecified atom stereocenters. The topological polar surface area (TPSA) is 37.8 Å². The highest BCUT2D eigenvalue weighted by Crippen LogP contribution is 2.33. The van der Waals surface area contributed by atoms with Crippen molar-refractivity contribution in [3.8, 4) is 5.75 Å². The van der Waals surface area contributed by atoms with E-state index in [0.29, 0.717) is 6.04 Å². The number of anilines is 1. The Morgan fingerprint density at radius 2 is 2.14 bits per heavy atom. The number of morpholine rings is 1. The average Bonchev–Trinajstić information content (AvgIpc) is 3.21. The van der Waals surface area contributed by atoms with Gasteiger partial charge in [-0.05, 0) is 24.6 Å². The Morgan fingerprint density at radius 3 is 2.95 bits per heavy atom. The first-order valence-electron chi connectivity index (χ1n) is 7.85. The molecule has 0 saturated carbocycles. The van der Waals surface area contributed by atoms with Gasteiger partial charge in [0.1, 0.15) is 5.75 Å². The molecule has 22 heavy (non-hydrogen) atoms. The SMILES string of the molecule is COc1ccc2nc(N3CCC(N4CCOCC4)C3)sc2c1. The number of methoxy groups -OCH3 is 1. The van der Waals surface area contributed by atoms with Crippen LogP contribution >= 0.6 is 11.3 Å². The van der Waals surface area contributed by atoms with Gasteiger partial charge in [0.2, 0.25) is 0 Å². The Bertz CT molecular complexity index is 654. The summed E-state index contributed by atoms with van der Waals surface area (Å²) in [5.74, 6) is 0.898. The molecule has 2 saturated heterocycles. The van der Waals surface area contributed by atoms with E-state index in [1.54, 1.807) is 18.4 Å². The molecule has 2 fully saturated rings. The molecule has 0 bridgehead atoms. The Hall–Kier alpha value is -1.37. The first-order chi connectivity index (χ1) is 10.8. The van der Waals surface area contributed by atoms with Crippen molar-refractivity contribution in [1.82, 2.24) is 9.88 Å². The summed E-state index contributed by atoms with van der Waals surface area (Å²) in [7, 11) is 1.70. The normalized spacial score (nSPS) is 23.3. The van der Waals surface area contributed by atoms with Gasteiger partial charge in [-0.3, -0.25) is 4.90 Å². The molecule has 6 heteroatoms. The highest BCUT2D eigenvalue weighted by molar-refractivity contribution is 7.22. The number of thiazole rings is 1. The first kappa shape index (κ1) is 14.2. The maximum Gasteiger partial charge on any atom is 0.186 e. The molecule has 0 spiro atoms. The van der Waals surface area contributed by atoms with Crippen LogP contribution in [0.2, 0.25) is 0 Å².